The summed E-state index contributed by atoms with van der Waals surface area (Å²) in [6.45, 7) is 0. The van der Waals surface area contributed by atoms with Crippen molar-refractivity contribution in [3.05, 3.63) is 52.1 Å². The Kier molecular flexibility index (Phi) is 4.29. The van der Waals surface area contributed by atoms with Gasteiger partial charge in [0.25, 0.3) is 5.91 Å². The lowest BCUT2D eigenvalue weighted by Crippen LogP contribution is -2.15. The fourth-order valence-electron chi connectivity index (χ4n) is 1.59. The van der Waals surface area contributed by atoms with Crippen molar-refractivity contribution in [1.82, 2.24) is 4.98 Å². The molecule has 4 nitrogen and oxygen atoms in total. The number of rotatable bonds is 3. The highest BCUT2D eigenvalue weighted by Gasteiger charge is 2.15. The molecule has 0 fully saturated rings. The number of nitrogens with one attached hydrogen (secondary N) is 2. The van der Waals surface area contributed by atoms with Crippen LogP contribution in [0.15, 0.2) is 34.9 Å². The molecule has 20 heavy (non-hydrogen) atoms. The highest BCUT2D eigenvalue weighted by molar-refractivity contribution is 9.10. The van der Waals surface area contributed by atoms with Gasteiger partial charge in [-0.2, -0.15) is 0 Å². The second-order valence-electron chi connectivity index (χ2n) is 3.88. The largest absolute Gasteiger partial charge is 0.372 e. The summed E-state index contributed by atoms with van der Waals surface area (Å²) in [7, 11) is 1.56. The predicted molar refractivity (Wildman–Crippen MR) is 75.8 cm³/mol. The summed E-state index contributed by atoms with van der Waals surface area (Å²) in [6.07, 6.45) is 1.00. The van der Waals surface area contributed by atoms with E-state index in [1.54, 1.807) is 7.05 Å². The number of amides is 1. The molecule has 0 aliphatic heterocycles. The molecule has 2 N–H and O–H groups in total. The van der Waals surface area contributed by atoms with E-state index in [4.69, 9.17) is 0 Å². The van der Waals surface area contributed by atoms with Gasteiger partial charge in [0, 0.05) is 11.5 Å². The van der Waals surface area contributed by atoms with Crippen LogP contribution in [0.4, 0.5) is 20.3 Å². The third-order valence-electron chi connectivity index (χ3n) is 2.51. The highest BCUT2D eigenvalue weighted by atomic mass is 79.9. The molecular weight excluding hydrogens is 332 g/mol. The lowest BCUT2D eigenvalue weighted by molar-refractivity contribution is 0.102. The molecule has 0 saturated carbocycles. The van der Waals surface area contributed by atoms with E-state index in [2.05, 4.69) is 31.5 Å². The van der Waals surface area contributed by atoms with E-state index < -0.39 is 17.5 Å². The van der Waals surface area contributed by atoms with Crippen LogP contribution in [0.25, 0.3) is 0 Å². The van der Waals surface area contributed by atoms with Crippen molar-refractivity contribution in [2.45, 2.75) is 0 Å². The van der Waals surface area contributed by atoms with Gasteiger partial charge in [-0.1, -0.05) is 0 Å². The highest BCUT2D eigenvalue weighted by Crippen LogP contribution is 2.24. The molecule has 1 aromatic carbocycles. The van der Waals surface area contributed by atoms with E-state index in [1.165, 1.54) is 12.1 Å². The Hall–Kier alpha value is -2.02. The molecule has 1 aromatic heterocycles. The molecule has 1 heterocycles. The SMILES string of the molecule is CNc1ncc(F)cc1C(=O)Nc1cc(F)ccc1Br. The van der Waals surface area contributed by atoms with Crippen LogP contribution < -0.4 is 10.6 Å². The molecule has 104 valence electrons. The molecule has 0 aliphatic rings. The van der Waals surface area contributed by atoms with Crippen molar-refractivity contribution in [2.75, 3.05) is 17.7 Å². The lowest BCUT2D eigenvalue weighted by atomic mass is 10.2. The number of anilines is 2. The average molecular weight is 342 g/mol. The smallest absolute Gasteiger partial charge is 0.259 e. The van der Waals surface area contributed by atoms with Crippen LogP contribution in [0.5, 0.6) is 0 Å². The molecule has 0 unspecified atom stereocenters. The number of aromatic nitrogens is 1. The van der Waals surface area contributed by atoms with Crippen molar-refractivity contribution in [3.8, 4) is 0 Å². The first-order chi connectivity index (χ1) is 9.51. The van der Waals surface area contributed by atoms with E-state index in [1.807, 2.05) is 0 Å². The van der Waals surface area contributed by atoms with Gasteiger partial charge in [0.05, 0.1) is 17.4 Å². The molecule has 2 rings (SSSR count). The molecule has 0 bridgehead atoms. The van der Waals surface area contributed by atoms with Crippen LogP contribution in [0, 0.1) is 11.6 Å². The van der Waals surface area contributed by atoms with Crippen LogP contribution in [0.1, 0.15) is 10.4 Å². The van der Waals surface area contributed by atoms with Crippen molar-refractivity contribution in [3.63, 3.8) is 0 Å². The Bertz CT molecular complexity index is 664. The van der Waals surface area contributed by atoms with Gasteiger partial charge in [0.15, 0.2) is 0 Å². The first kappa shape index (κ1) is 14.4. The number of pyridine rings is 1. The van der Waals surface area contributed by atoms with E-state index in [-0.39, 0.29) is 17.1 Å². The Balaban J connectivity index is 2.32. The molecule has 1 amide bonds. The summed E-state index contributed by atoms with van der Waals surface area (Å²) in [4.78, 5) is 15.9. The molecule has 0 spiro atoms. The summed E-state index contributed by atoms with van der Waals surface area (Å²) >= 11 is 3.19. The summed E-state index contributed by atoms with van der Waals surface area (Å²) in [5.74, 6) is -1.48. The number of carbonyl (C=O) groups is 1. The monoisotopic (exact) mass is 341 g/mol. The maximum absolute atomic E-state index is 13.2. The number of carbonyl (C=O) groups excluding carboxylic acids is 1. The van der Waals surface area contributed by atoms with Crippen molar-refractivity contribution < 1.29 is 13.6 Å². The van der Waals surface area contributed by atoms with Crippen LogP contribution in [0.2, 0.25) is 0 Å². The predicted octanol–water partition coefficient (Wildman–Crippen LogP) is 3.42. The van der Waals surface area contributed by atoms with Crippen molar-refractivity contribution in [1.29, 1.82) is 0 Å². The summed E-state index contributed by atoms with van der Waals surface area (Å²) in [6, 6.07) is 4.94. The zero-order chi connectivity index (χ0) is 14.7. The number of halogens is 3. The van der Waals surface area contributed by atoms with Crippen LogP contribution in [-0.2, 0) is 0 Å². The van der Waals surface area contributed by atoms with E-state index in [0.29, 0.717) is 4.47 Å². The van der Waals surface area contributed by atoms with Gasteiger partial charge in [-0.3, -0.25) is 4.79 Å². The second kappa shape index (κ2) is 5.96. The second-order valence-corrected chi connectivity index (χ2v) is 4.73. The zero-order valence-corrected chi connectivity index (χ0v) is 12.0. The van der Waals surface area contributed by atoms with Gasteiger partial charge in [0.1, 0.15) is 17.5 Å². The number of nitrogens with zero attached hydrogens (tertiary/aromatic N) is 1. The van der Waals surface area contributed by atoms with Gasteiger partial charge in [0.2, 0.25) is 0 Å². The maximum Gasteiger partial charge on any atom is 0.259 e. The minimum Gasteiger partial charge on any atom is -0.372 e. The van der Waals surface area contributed by atoms with E-state index in [0.717, 1.165) is 18.3 Å². The molecular formula is C13H10BrF2N3O. The fraction of sp³-hybridized carbons (Fsp3) is 0.0769. The van der Waals surface area contributed by atoms with Crippen LogP contribution >= 0.6 is 15.9 Å². The average Bonchev–Trinajstić information content (AvgIpc) is 2.42. The molecule has 2 aromatic rings. The standard InChI is InChI=1S/C13H10BrF2N3O/c1-17-12-9(4-8(16)6-18-12)13(20)19-11-5-7(15)2-3-10(11)14/h2-6H,1H3,(H,17,18)(H,19,20). The Morgan fingerprint density at radius 3 is 2.70 bits per heavy atom. The zero-order valence-electron chi connectivity index (χ0n) is 10.4. The van der Waals surface area contributed by atoms with Crippen molar-refractivity contribution in [2.24, 2.45) is 0 Å². The number of hydrogen-bond donors (Lipinski definition) is 2. The molecule has 0 radical (unpaired) electrons. The third-order valence-corrected chi connectivity index (χ3v) is 3.20. The molecule has 0 aliphatic carbocycles. The molecule has 0 saturated heterocycles. The van der Waals surface area contributed by atoms with Gasteiger partial charge < -0.3 is 10.6 Å². The van der Waals surface area contributed by atoms with Crippen LogP contribution in [0.3, 0.4) is 0 Å². The third kappa shape index (κ3) is 3.11. The summed E-state index contributed by atoms with van der Waals surface area (Å²) in [5, 5.41) is 5.19. The van der Waals surface area contributed by atoms with Gasteiger partial charge in [-0.25, -0.2) is 13.8 Å². The molecule has 7 heteroatoms. The van der Waals surface area contributed by atoms with Gasteiger partial charge in [-0.05, 0) is 40.2 Å². The van der Waals surface area contributed by atoms with Gasteiger partial charge >= 0.3 is 0 Å². The van der Waals surface area contributed by atoms with Crippen molar-refractivity contribution >= 4 is 33.3 Å². The minimum atomic E-state index is -0.632. The fourth-order valence-corrected chi connectivity index (χ4v) is 1.94. The Morgan fingerprint density at radius 1 is 1.25 bits per heavy atom. The number of benzene rings is 1. The first-order valence-corrected chi connectivity index (χ1v) is 6.40. The summed E-state index contributed by atoms with van der Waals surface area (Å²) < 4.78 is 26.9. The Morgan fingerprint density at radius 2 is 2.00 bits per heavy atom. The normalized spacial score (nSPS) is 10.2. The summed E-state index contributed by atoms with van der Waals surface area (Å²) in [5.41, 5.74) is 0.282. The van der Waals surface area contributed by atoms with E-state index >= 15 is 0 Å². The lowest BCUT2D eigenvalue weighted by Gasteiger charge is -2.10. The minimum absolute atomic E-state index is 0.0312. The first-order valence-electron chi connectivity index (χ1n) is 5.61. The molecule has 0 atom stereocenters. The topological polar surface area (TPSA) is 54.0 Å². The Labute approximate surface area is 122 Å². The maximum atomic E-state index is 13.2. The quantitative estimate of drug-likeness (QED) is 0.899. The van der Waals surface area contributed by atoms with Crippen LogP contribution in [-0.4, -0.2) is 17.9 Å². The van der Waals surface area contributed by atoms with Gasteiger partial charge in [-0.15, -0.1) is 0 Å². The van der Waals surface area contributed by atoms with E-state index in [9.17, 15) is 13.6 Å². The number of hydrogen-bond acceptors (Lipinski definition) is 3.